The fraction of sp³-hybridized carbons (Fsp3) is 0.360. The van der Waals surface area contributed by atoms with E-state index in [-0.39, 0.29) is 32.2 Å². The number of aliphatic hydroxyl groups excluding tert-OH is 1. The van der Waals surface area contributed by atoms with Crippen LogP contribution in [0.25, 0.3) is 32.7 Å². The number of benzene rings is 3. The second-order valence-electron chi connectivity index (χ2n) is 18.1. The maximum atomic E-state index is 14.4. The van der Waals surface area contributed by atoms with Crippen LogP contribution < -0.4 is 32.3 Å². The lowest BCUT2D eigenvalue weighted by Gasteiger charge is -2.29. The molecule has 3 aromatic heterocycles. The third-order valence-electron chi connectivity index (χ3n) is 12.8. The number of hydrogen-bond acceptors (Lipinski definition) is 10. The number of carboxylic acids is 2. The minimum Gasteiger partial charge on any atom is -0.481 e. The van der Waals surface area contributed by atoms with Gasteiger partial charge in [0, 0.05) is 70.7 Å². The molecule has 0 aliphatic carbocycles. The highest BCUT2D eigenvalue weighted by Crippen LogP contribution is 2.24. The molecule has 21 nitrogen and oxygen atoms in total. The van der Waals surface area contributed by atoms with E-state index in [1.807, 2.05) is 30.3 Å². The van der Waals surface area contributed by atoms with Gasteiger partial charge in [-0.05, 0) is 60.1 Å². The number of likely N-dealkylation sites (tertiary alicyclic amines) is 1. The summed E-state index contributed by atoms with van der Waals surface area (Å²) in [6.45, 7) is 2.36. The van der Waals surface area contributed by atoms with Crippen molar-refractivity contribution in [2.75, 3.05) is 13.2 Å². The van der Waals surface area contributed by atoms with E-state index in [2.05, 4.69) is 41.5 Å². The second-order valence-corrected chi connectivity index (χ2v) is 18.1. The minimum atomic E-state index is -1.87. The number of rotatable bonds is 22. The van der Waals surface area contributed by atoms with Crippen molar-refractivity contribution in [2.24, 2.45) is 11.7 Å². The molecule has 6 amide bonds. The molecule has 0 saturated carbocycles. The van der Waals surface area contributed by atoms with Crippen molar-refractivity contribution < 1.29 is 53.7 Å². The van der Waals surface area contributed by atoms with Crippen molar-refractivity contribution in [2.45, 2.75) is 94.7 Å². The van der Waals surface area contributed by atoms with Crippen LogP contribution in [0, 0.1) is 5.92 Å². The number of carbonyl (C=O) groups is 8. The van der Waals surface area contributed by atoms with Gasteiger partial charge < -0.3 is 67.5 Å². The van der Waals surface area contributed by atoms with Crippen molar-refractivity contribution in [1.29, 1.82) is 0 Å². The van der Waals surface area contributed by atoms with Gasteiger partial charge >= 0.3 is 11.9 Å². The molecule has 13 N–H and O–H groups in total. The number of aliphatic carboxylic acids is 2. The quantitative estimate of drug-likeness (QED) is 0.0455. The molecule has 1 fully saturated rings. The number of aromatic nitrogens is 3. The van der Waals surface area contributed by atoms with Gasteiger partial charge in [0.1, 0.15) is 36.3 Å². The molecule has 1 aliphatic rings. The predicted molar refractivity (Wildman–Crippen MR) is 260 cm³/mol. The molecule has 3 aromatic carbocycles. The Hall–Kier alpha value is -8.04. The first-order chi connectivity index (χ1) is 34.0. The molecule has 7 rings (SSSR count). The summed E-state index contributed by atoms with van der Waals surface area (Å²) in [6, 6.07) is 12.0. The minimum absolute atomic E-state index is 0.148. The number of para-hydroxylation sites is 3. The zero-order valence-corrected chi connectivity index (χ0v) is 39.1. The predicted octanol–water partition coefficient (Wildman–Crippen LogP) is 1.11. The summed E-state index contributed by atoms with van der Waals surface area (Å²) in [5.41, 5.74) is 10.8. The van der Waals surface area contributed by atoms with Crippen LogP contribution in [0.15, 0.2) is 91.4 Å². The highest BCUT2D eigenvalue weighted by Gasteiger charge is 2.39. The Balaban J connectivity index is 1.08. The van der Waals surface area contributed by atoms with Crippen LogP contribution in [0.5, 0.6) is 0 Å². The molecule has 71 heavy (non-hydrogen) atoms. The van der Waals surface area contributed by atoms with Crippen molar-refractivity contribution >= 4 is 80.1 Å². The maximum absolute atomic E-state index is 14.4. The van der Waals surface area contributed by atoms with E-state index in [4.69, 9.17) is 5.73 Å². The molecule has 1 aliphatic heterocycles. The van der Waals surface area contributed by atoms with E-state index in [0.717, 1.165) is 32.9 Å². The van der Waals surface area contributed by atoms with E-state index in [0.29, 0.717) is 22.9 Å². The third-order valence-corrected chi connectivity index (χ3v) is 12.8. The van der Waals surface area contributed by atoms with Gasteiger partial charge in [-0.3, -0.25) is 33.6 Å². The first kappa shape index (κ1) is 50.8. The van der Waals surface area contributed by atoms with Gasteiger partial charge in [-0.2, -0.15) is 0 Å². The molecule has 0 bridgehead atoms. The molecule has 21 heteroatoms. The number of carbonyl (C=O) groups excluding carboxylic acids is 6. The molecule has 0 unspecified atom stereocenters. The van der Waals surface area contributed by atoms with Gasteiger partial charge in [-0.15, -0.1) is 0 Å². The highest BCUT2D eigenvalue weighted by molar-refractivity contribution is 5.99. The summed E-state index contributed by atoms with van der Waals surface area (Å²) >= 11 is 0. The molecule has 0 radical (unpaired) electrons. The fourth-order valence-corrected chi connectivity index (χ4v) is 9.03. The largest absolute Gasteiger partial charge is 0.481 e. The van der Waals surface area contributed by atoms with Crippen LogP contribution in [0.2, 0.25) is 0 Å². The van der Waals surface area contributed by atoms with Crippen LogP contribution in [0.1, 0.15) is 49.8 Å². The average Bonchev–Trinajstić information content (AvgIpc) is 4.18. The number of aromatic amines is 3. The third kappa shape index (κ3) is 12.1. The van der Waals surface area contributed by atoms with Crippen molar-refractivity contribution in [3.05, 3.63) is 108 Å². The van der Waals surface area contributed by atoms with Crippen LogP contribution in [0.4, 0.5) is 0 Å². The summed E-state index contributed by atoms with van der Waals surface area (Å²) < 4.78 is 0. The molecule has 374 valence electrons. The summed E-state index contributed by atoms with van der Waals surface area (Å²) in [5, 5.41) is 44.8. The maximum Gasteiger partial charge on any atom is 0.326 e. The van der Waals surface area contributed by atoms with E-state index >= 15 is 0 Å². The standard InChI is InChI=1S/C50H58N10O11/c1-26(2)43(50(70)71)59-46(66)38(20-29-24-54-36-15-8-5-12-32(29)36)55-47(67)40(25-61)58-45(65)39(21-42(62)63)56-44(64)37(19-28-23-53-35-14-7-4-11-31(28)35)57-48(68)41-16-9-17-60(41)49(69)33(51)18-27-22-52-34-13-6-3-10-30(27)34/h3-8,10-15,22-24,26,33,37-41,43,52-54,61H,9,16-21,25,51H2,1-2H3,(H,55,67)(H,56,64)(H,57,68)(H,58,65)(H,59,66)(H,62,63)(H,70,71)/t33-,37-,38-,39-,40-,41-,43-/m0/s1. The lowest BCUT2D eigenvalue weighted by Crippen LogP contribution is -2.61. The number of carboxylic acid groups (broad SMARTS) is 2. The molecule has 4 heterocycles. The first-order valence-electron chi connectivity index (χ1n) is 23.3. The number of nitrogens with zero attached hydrogens (tertiary/aromatic N) is 1. The monoisotopic (exact) mass is 974 g/mol. The van der Waals surface area contributed by atoms with E-state index in [1.54, 1.807) is 74.9 Å². The van der Waals surface area contributed by atoms with Crippen LogP contribution in [-0.4, -0.2) is 138 Å². The van der Waals surface area contributed by atoms with Gasteiger partial charge in [0.2, 0.25) is 35.4 Å². The Kier molecular flexibility index (Phi) is 16.2. The second kappa shape index (κ2) is 22.6. The molecule has 7 atom stereocenters. The van der Waals surface area contributed by atoms with Crippen molar-refractivity contribution in [1.82, 2.24) is 46.4 Å². The van der Waals surface area contributed by atoms with Crippen molar-refractivity contribution in [3.63, 3.8) is 0 Å². The summed E-state index contributed by atoms with van der Waals surface area (Å²) in [6.07, 6.45) is 4.69. The van der Waals surface area contributed by atoms with E-state index < -0.39 is 109 Å². The van der Waals surface area contributed by atoms with E-state index in [1.165, 1.54) is 4.90 Å². The smallest absolute Gasteiger partial charge is 0.326 e. The Morgan fingerprint density at radius 3 is 1.55 bits per heavy atom. The van der Waals surface area contributed by atoms with Gasteiger partial charge in [0.15, 0.2) is 0 Å². The van der Waals surface area contributed by atoms with Gasteiger partial charge in [-0.1, -0.05) is 68.4 Å². The SMILES string of the molecule is CC(C)[C@H](NC(=O)[C@H](Cc1c[nH]c2ccccc12)NC(=O)[C@H](CO)NC(=O)[C@H](CC(=O)O)NC(=O)[C@H](Cc1c[nH]c2ccccc12)NC(=O)[C@@H]1CCCN1C(=O)[C@@H](N)Cc1c[nH]c2ccccc12)C(=O)O. The topological polar surface area (TPSA) is 334 Å². The Bertz CT molecular complexity index is 2940. The number of hydrogen-bond donors (Lipinski definition) is 12. The summed E-state index contributed by atoms with van der Waals surface area (Å²) in [7, 11) is 0. The number of amides is 6. The Labute approximate surface area is 406 Å². The molecular formula is C50H58N10O11. The van der Waals surface area contributed by atoms with Crippen molar-refractivity contribution in [3.8, 4) is 0 Å². The average molecular weight is 975 g/mol. The van der Waals surface area contributed by atoms with Gasteiger partial charge in [0.05, 0.1) is 19.1 Å². The lowest BCUT2D eigenvalue weighted by atomic mass is 10.0. The van der Waals surface area contributed by atoms with Crippen LogP contribution in [0.3, 0.4) is 0 Å². The molecule has 6 aromatic rings. The number of aliphatic hydroxyl groups is 1. The lowest BCUT2D eigenvalue weighted by molar-refractivity contribution is -0.143. The fourth-order valence-electron chi connectivity index (χ4n) is 9.03. The van der Waals surface area contributed by atoms with Gasteiger partial charge in [0.25, 0.3) is 0 Å². The molecule has 1 saturated heterocycles. The zero-order valence-electron chi connectivity index (χ0n) is 39.1. The van der Waals surface area contributed by atoms with E-state index in [9.17, 15) is 53.7 Å². The number of nitrogens with one attached hydrogen (secondary N) is 8. The highest BCUT2D eigenvalue weighted by atomic mass is 16.4. The zero-order chi connectivity index (χ0) is 50.9. The summed E-state index contributed by atoms with van der Waals surface area (Å²) in [5.74, 6) is -8.65. The van der Waals surface area contributed by atoms with Crippen LogP contribution in [-0.2, 0) is 57.6 Å². The summed E-state index contributed by atoms with van der Waals surface area (Å²) in [4.78, 5) is 119. The van der Waals surface area contributed by atoms with Crippen LogP contribution >= 0.6 is 0 Å². The first-order valence-corrected chi connectivity index (χ1v) is 23.3. The number of fused-ring (bicyclic) bond motifs is 3. The molecular weight excluding hydrogens is 917 g/mol. The molecule has 0 spiro atoms. The van der Waals surface area contributed by atoms with Gasteiger partial charge in [-0.25, -0.2) is 4.79 Å². The number of nitrogens with two attached hydrogens (primary N) is 1. The normalized spacial score (nSPS) is 16.2. The Morgan fingerprint density at radius 2 is 1.06 bits per heavy atom. The Morgan fingerprint density at radius 1 is 0.620 bits per heavy atom. The number of H-pyrrole nitrogens is 3.